The van der Waals surface area contributed by atoms with Crippen LogP contribution in [0.1, 0.15) is 32.6 Å². The van der Waals surface area contributed by atoms with Crippen LogP contribution in [-0.4, -0.2) is 28.5 Å². The van der Waals surface area contributed by atoms with Crippen molar-refractivity contribution in [3.8, 4) is 0 Å². The van der Waals surface area contributed by atoms with Crippen molar-refractivity contribution >= 4 is 17.8 Å². The monoisotopic (exact) mass is 414 g/mol. The SMILES string of the molecule is O=C(N/N=C\c1ccc([N+](=O)[O-])cc1)c1ccc(CN2CCc3ccccc3C2)cc1. The lowest BCUT2D eigenvalue weighted by atomic mass is 9.99. The Kier molecular flexibility index (Phi) is 6.14. The highest BCUT2D eigenvalue weighted by Crippen LogP contribution is 2.20. The number of benzene rings is 3. The zero-order chi connectivity index (χ0) is 21.6. The largest absolute Gasteiger partial charge is 0.294 e. The van der Waals surface area contributed by atoms with Gasteiger partial charge in [-0.3, -0.25) is 19.8 Å². The van der Waals surface area contributed by atoms with Crippen molar-refractivity contribution in [3.05, 3.63) is 111 Å². The van der Waals surface area contributed by atoms with Gasteiger partial charge in [-0.2, -0.15) is 5.10 Å². The van der Waals surface area contributed by atoms with Gasteiger partial charge in [0.25, 0.3) is 11.6 Å². The van der Waals surface area contributed by atoms with Gasteiger partial charge in [-0.1, -0.05) is 36.4 Å². The molecular weight excluding hydrogens is 392 g/mol. The van der Waals surface area contributed by atoms with Crippen molar-refractivity contribution in [2.45, 2.75) is 19.5 Å². The summed E-state index contributed by atoms with van der Waals surface area (Å²) in [5.41, 5.74) is 7.64. The summed E-state index contributed by atoms with van der Waals surface area (Å²) < 4.78 is 0. The average Bonchev–Trinajstić information content (AvgIpc) is 2.80. The first-order chi connectivity index (χ1) is 15.1. The second kappa shape index (κ2) is 9.32. The predicted octanol–water partition coefficient (Wildman–Crippen LogP) is 3.92. The van der Waals surface area contributed by atoms with E-state index in [0.717, 1.165) is 31.6 Å². The van der Waals surface area contributed by atoms with Crippen LogP contribution in [0, 0.1) is 10.1 Å². The van der Waals surface area contributed by atoms with E-state index in [4.69, 9.17) is 0 Å². The van der Waals surface area contributed by atoms with Gasteiger partial charge in [0.1, 0.15) is 0 Å². The summed E-state index contributed by atoms with van der Waals surface area (Å²) in [4.78, 5) is 24.9. The summed E-state index contributed by atoms with van der Waals surface area (Å²) in [5.74, 6) is -0.309. The number of nitro groups is 1. The van der Waals surface area contributed by atoms with Crippen molar-refractivity contribution in [2.75, 3.05) is 6.54 Å². The van der Waals surface area contributed by atoms with Crippen LogP contribution < -0.4 is 5.43 Å². The van der Waals surface area contributed by atoms with Crippen molar-refractivity contribution in [1.29, 1.82) is 0 Å². The number of carbonyl (C=O) groups is 1. The smallest absolute Gasteiger partial charge is 0.271 e. The highest BCUT2D eigenvalue weighted by molar-refractivity contribution is 5.94. The summed E-state index contributed by atoms with van der Waals surface area (Å²) in [5, 5.41) is 14.6. The molecule has 3 aromatic carbocycles. The number of nitrogens with one attached hydrogen (secondary N) is 1. The van der Waals surface area contributed by atoms with E-state index < -0.39 is 4.92 Å². The van der Waals surface area contributed by atoms with E-state index in [1.165, 1.54) is 29.5 Å². The van der Waals surface area contributed by atoms with Gasteiger partial charge in [-0.15, -0.1) is 0 Å². The first-order valence-corrected chi connectivity index (χ1v) is 10.0. The third-order valence-corrected chi connectivity index (χ3v) is 5.32. The van der Waals surface area contributed by atoms with E-state index in [2.05, 4.69) is 39.7 Å². The minimum absolute atomic E-state index is 0.00929. The second-order valence-corrected chi connectivity index (χ2v) is 7.47. The van der Waals surface area contributed by atoms with E-state index in [1.807, 2.05) is 12.1 Å². The predicted molar refractivity (Wildman–Crippen MR) is 119 cm³/mol. The molecule has 1 aliphatic rings. The van der Waals surface area contributed by atoms with Crippen LogP contribution in [0.2, 0.25) is 0 Å². The standard InChI is InChI=1S/C24H22N4O3/c29-24(26-25-15-18-7-11-23(12-8-18)28(30)31)21-9-5-19(6-10-21)16-27-14-13-20-3-1-2-4-22(20)17-27/h1-12,15H,13-14,16-17H2,(H,26,29)/b25-15-. The molecule has 1 heterocycles. The Bertz CT molecular complexity index is 1110. The summed E-state index contributed by atoms with van der Waals surface area (Å²) in [6.45, 7) is 2.81. The lowest BCUT2D eigenvalue weighted by molar-refractivity contribution is -0.384. The number of hydrazone groups is 1. The highest BCUT2D eigenvalue weighted by Gasteiger charge is 2.16. The molecule has 1 aliphatic heterocycles. The first-order valence-electron chi connectivity index (χ1n) is 10.0. The summed E-state index contributed by atoms with van der Waals surface area (Å²) in [6.07, 6.45) is 2.51. The molecule has 0 bridgehead atoms. The maximum absolute atomic E-state index is 12.3. The quantitative estimate of drug-likeness (QED) is 0.376. The number of amides is 1. The van der Waals surface area contributed by atoms with Gasteiger partial charge < -0.3 is 0 Å². The van der Waals surface area contributed by atoms with Crippen LogP contribution in [-0.2, 0) is 19.5 Å². The van der Waals surface area contributed by atoms with Crippen LogP contribution in [0.5, 0.6) is 0 Å². The van der Waals surface area contributed by atoms with Crippen LogP contribution in [0.4, 0.5) is 5.69 Å². The number of fused-ring (bicyclic) bond motifs is 1. The van der Waals surface area contributed by atoms with Gasteiger partial charge in [0.05, 0.1) is 11.1 Å². The van der Waals surface area contributed by atoms with Gasteiger partial charge in [0.15, 0.2) is 0 Å². The molecule has 0 saturated heterocycles. The maximum atomic E-state index is 12.3. The van der Waals surface area contributed by atoms with E-state index in [-0.39, 0.29) is 11.6 Å². The highest BCUT2D eigenvalue weighted by atomic mass is 16.6. The van der Waals surface area contributed by atoms with E-state index >= 15 is 0 Å². The van der Waals surface area contributed by atoms with Crippen LogP contribution in [0.25, 0.3) is 0 Å². The Morgan fingerprint density at radius 1 is 1.03 bits per heavy atom. The molecule has 7 heteroatoms. The van der Waals surface area contributed by atoms with Gasteiger partial charge in [0, 0.05) is 37.3 Å². The summed E-state index contributed by atoms with van der Waals surface area (Å²) in [6, 6.07) is 22.0. The Hall–Kier alpha value is -3.84. The molecule has 0 spiro atoms. The van der Waals surface area contributed by atoms with Gasteiger partial charge >= 0.3 is 0 Å². The van der Waals surface area contributed by atoms with Crippen molar-refractivity contribution < 1.29 is 9.72 Å². The molecule has 0 aliphatic carbocycles. The van der Waals surface area contributed by atoms with Crippen molar-refractivity contribution in [2.24, 2.45) is 5.10 Å². The molecule has 0 radical (unpaired) electrons. The van der Waals surface area contributed by atoms with Gasteiger partial charge in [-0.05, 0) is 52.9 Å². The fourth-order valence-corrected chi connectivity index (χ4v) is 3.62. The number of carbonyl (C=O) groups excluding carboxylic acids is 1. The molecule has 3 aromatic rings. The minimum Gasteiger partial charge on any atom is -0.294 e. The van der Waals surface area contributed by atoms with E-state index in [9.17, 15) is 14.9 Å². The topological polar surface area (TPSA) is 87.8 Å². The van der Waals surface area contributed by atoms with Gasteiger partial charge in [-0.25, -0.2) is 5.43 Å². The number of nitro benzene ring substituents is 1. The molecule has 0 saturated carbocycles. The number of hydrogen-bond acceptors (Lipinski definition) is 5. The Morgan fingerprint density at radius 3 is 2.45 bits per heavy atom. The van der Waals surface area contributed by atoms with Crippen molar-refractivity contribution in [3.63, 3.8) is 0 Å². The van der Waals surface area contributed by atoms with Crippen LogP contribution >= 0.6 is 0 Å². The van der Waals surface area contributed by atoms with Crippen molar-refractivity contribution in [1.82, 2.24) is 10.3 Å². The lowest BCUT2D eigenvalue weighted by Crippen LogP contribution is -2.30. The minimum atomic E-state index is -0.462. The number of rotatable bonds is 6. The fraction of sp³-hybridized carbons (Fsp3) is 0.167. The average molecular weight is 414 g/mol. The molecule has 31 heavy (non-hydrogen) atoms. The molecule has 1 amide bonds. The molecule has 0 atom stereocenters. The van der Waals surface area contributed by atoms with E-state index in [0.29, 0.717) is 11.1 Å². The van der Waals surface area contributed by atoms with E-state index in [1.54, 1.807) is 24.3 Å². The molecule has 0 fully saturated rings. The van der Waals surface area contributed by atoms with Crippen LogP contribution in [0.3, 0.4) is 0 Å². The molecule has 156 valence electrons. The summed E-state index contributed by atoms with van der Waals surface area (Å²) in [7, 11) is 0. The molecule has 0 aromatic heterocycles. The third-order valence-electron chi connectivity index (χ3n) is 5.32. The Labute approximate surface area is 180 Å². The zero-order valence-electron chi connectivity index (χ0n) is 16.9. The first kappa shape index (κ1) is 20.4. The zero-order valence-corrected chi connectivity index (χ0v) is 16.9. The maximum Gasteiger partial charge on any atom is 0.271 e. The number of non-ortho nitro benzene ring substituents is 1. The summed E-state index contributed by atoms with van der Waals surface area (Å²) >= 11 is 0. The molecule has 1 N–H and O–H groups in total. The Balaban J connectivity index is 1.30. The molecular formula is C24H22N4O3. The normalized spacial score (nSPS) is 13.7. The fourth-order valence-electron chi connectivity index (χ4n) is 3.62. The molecule has 0 unspecified atom stereocenters. The lowest BCUT2D eigenvalue weighted by Gasteiger charge is -2.28. The number of hydrogen-bond donors (Lipinski definition) is 1. The molecule has 4 rings (SSSR count). The third kappa shape index (κ3) is 5.21. The van der Waals surface area contributed by atoms with Gasteiger partial charge in [0.2, 0.25) is 0 Å². The number of nitrogens with zero attached hydrogens (tertiary/aromatic N) is 3. The second-order valence-electron chi connectivity index (χ2n) is 7.47. The van der Waals surface area contributed by atoms with Crippen LogP contribution in [0.15, 0.2) is 77.9 Å². The molecule has 7 nitrogen and oxygen atoms in total. The Morgan fingerprint density at radius 2 is 1.74 bits per heavy atom.